The van der Waals surface area contributed by atoms with Gasteiger partial charge >= 0.3 is 17.5 Å². The van der Waals surface area contributed by atoms with Crippen LogP contribution in [0.1, 0.15) is 99.8 Å². The lowest BCUT2D eigenvalue weighted by Crippen LogP contribution is -2.53. The van der Waals surface area contributed by atoms with Crippen molar-refractivity contribution in [2.45, 2.75) is 116 Å². The molecule has 0 amide bonds. The first-order valence-electron chi connectivity index (χ1n) is 18.8. The molecule has 15 nitrogen and oxygen atoms in total. The Morgan fingerprint density at radius 3 is 0.702 bits per heavy atom. The second-order valence-corrected chi connectivity index (χ2v) is 18.1. The van der Waals surface area contributed by atoms with Crippen LogP contribution in [0.25, 0.3) is 34.2 Å². The van der Waals surface area contributed by atoms with Crippen molar-refractivity contribution in [3.63, 3.8) is 0 Å². The molecule has 3 aliphatic rings. The van der Waals surface area contributed by atoms with Crippen LogP contribution in [0.4, 0.5) is 0 Å². The summed E-state index contributed by atoms with van der Waals surface area (Å²) in [5, 5.41) is 82.4. The summed E-state index contributed by atoms with van der Waals surface area (Å²) in [4.78, 5) is 14.4. The van der Waals surface area contributed by atoms with E-state index in [9.17, 15) is 31.2 Å². The summed E-state index contributed by atoms with van der Waals surface area (Å²) in [6.07, 6.45) is 0. The molecule has 0 aliphatic carbocycles. The third-order valence-corrected chi connectivity index (χ3v) is 13.5. The summed E-state index contributed by atoms with van der Waals surface area (Å²) in [5.41, 5.74) is -2.82. The molecule has 0 saturated heterocycles. The van der Waals surface area contributed by atoms with E-state index in [-0.39, 0.29) is 17.5 Å². The monoisotopic (exact) mass is 774 g/mol. The highest BCUT2D eigenvalue weighted by atomic mass is 16.6. The number of nitrogens with zero attached hydrogens (tertiary/aromatic N) is 9. The van der Waals surface area contributed by atoms with Crippen molar-refractivity contribution in [1.29, 1.82) is 0 Å². The van der Waals surface area contributed by atoms with Crippen molar-refractivity contribution in [3.05, 3.63) is 105 Å². The van der Waals surface area contributed by atoms with Crippen molar-refractivity contribution in [3.8, 4) is 34.2 Å². The molecular weight excluding hydrogens is 727 g/mol. The van der Waals surface area contributed by atoms with Gasteiger partial charge in [0.2, 0.25) is 0 Å². The summed E-state index contributed by atoms with van der Waals surface area (Å²) in [5.74, 6) is 0.900. The zero-order valence-corrected chi connectivity index (χ0v) is 34.4. The van der Waals surface area contributed by atoms with Crippen LogP contribution in [0.2, 0.25) is 0 Å². The minimum atomic E-state index is -0.979. The topological polar surface area (TPSA) is 186 Å². The van der Waals surface area contributed by atoms with E-state index in [1.165, 1.54) is 0 Å². The highest BCUT2D eigenvalue weighted by Crippen LogP contribution is 2.40. The average Bonchev–Trinajstić information content (AvgIpc) is 3.44. The third-order valence-electron chi connectivity index (χ3n) is 13.5. The molecule has 297 valence electrons. The van der Waals surface area contributed by atoms with E-state index in [1.54, 1.807) is 156 Å². The number of rotatable bonds is 6. The van der Waals surface area contributed by atoms with Crippen LogP contribution in [0, 0.1) is 15.6 Å². The molecule has 7 rings (SSSR count). The second kappa shape index (κ2) is 12.4. The van der Waals surface area contributed by atoms with Gasteiger partial charge in [0.25, 0.3) is 0 Å². The second-order valence-electron chi connectivity index (χ2n) is 18.1. The van der Waals surface area contributed by atoms with Gasteiger partial charge in [0, 0.05) is 32.3 Å². The van der Waals surface area contributed by atoms with Crippen LogP contribution in [0.5, 0.6) is 0 Å². The molecule has 57 heavy (non-hydrogen) atoms. The molecular formula is C42H48N9O6. The van der Waals surface area contributed by atoms with Crippen LogP contribution in [0.15, 0.2) is 72.8 Å². The number of aromatic nitrogens is 3. The quantitative estimate of drug-likeness (QED) is 0.160. The van der Waals surface area contributed by atoms with Crippen molar-refractivity contribution >= 4 is 17.5 Å². The molecule has 3 radical (unpaired) electrons. The predicted molar refractivity (Wildman–Crippen MR) is 211 cm³/mol. The molecule has 0 unspecified atom stereocenters. The maximum absolute atomic E-state index is 13.3. The standard InChI is InChI=1S/C42H48N9O6/c1-37(2)38(3,4)47(53)34(46(37)52)28-19-13-25(14-20-28)31-43-32(26-15-21-29(22-16-26)35-48(54)39(5,6)40(7,8)49(35)55)45-33(44-31)27-17-23-30(24-18-27)36-50(56)41(9,10)42(11,12)51(36)57/h13-24H,1-12H3. The van der Waals surface area contributed by atoms with Gasteiger partial charge in [0.15, 0.2) is 34.1 Å². The number of hydrogen-bond acceptors (Lipinski definition) is 9. The van der Waals surface area contributed by atoms with Crippen LogP contribution >= 0.6 is 0 Å². The Morgan fingerprint density at radius 2 is 0.544 bits per heavy atom. The van der Waals surface area contributed by atoms with Gasteiger partial charge in [-0.1, -0.05) is 51.6 Å². The summed E-state index contributed by atoms with van der Waals surface area (Å²) in [6.45, 7) is 20.9. The Balaban J connectivity index is 1.31. The SMILES string of the molecule is CC1(C)N([O])C(c2ccc(-c3nc(-c4ccc(C5=[N+]([O-])C(C)(C)C(C)(C)N5[O])cc4)nc(-c4ccc(C5=[N+]([O-])C(C)(C)C(C)(C)N5[O])cc4)n3)cc2)=[N+]([O-])C1(C)C. The van der Waals surface area contributed by atoms with Gasteiger partial charge in [0.1, 0.15) is 16.6 Å². The van der Waals surface area contributed by atoms with E-state index >= 15 is 0 Å². The van der Waals surface area contributed by atoms with Gasteiger partial charge < -0.3 is 15.6 Å². The molecule has 4 aromatic rings. The molecule has 0 saturated carbocycles. The van der Waals surface area contributed by atoms with Crippen LogP contribution in [0.3, 0.4) is 0 Å². The molecule has 0 N–H and O–H groups in total. The Hall–Kier alpha value is -5.64. The Labute approximate surface area is 332 Å². The van der Waals surface area contributed by atoms with E-state index < -0.39 is 33.2 Å². The summed E-state index contributed by atoms with van der Waals surface area (Å²) < 4.78 is 2.28. The molecule has 0 atom stereocenters. The van der Waals surface area contributed by atoms with Gasteiger partial charge in [-0.3, -0.25) is 14.2 Å². The summed E-state index contributed by atoms with van der Waals surface area (Å²) in [7, 11) is 0. The lowest BCUT2D eigenvalue weighted by molar-refractivity contribution is -0.539. The molecule has 3 aromatic carbocycles. The van der Waals surface area contributed by atoms with E-state index in [1.807, 2.05) is 0 Å². The molecule has 1 aromatic heterocycles. The van der Waals surface area contributed by atoms with Gasteiger partial charge in [0.05, 0.1) is 16.7 Å². The first kappa shape index (κ1) is 39.6. The zero-order valence-electron chi connectivity index (χ0n) is 34.4. The van der Waals surface area contributed by atoms with Crippen molar-refractivity contribution in [2.24, 2.45) is 0 Å². The average molecular weight is 775 g/mol. The van der Waals surface area contributed by atoms with Crippen molar-refractivity contribution < 1.29 is 29.8 Å². The minimum Gasteiger partial charge on any atom is -0.714 e. The lowest BCUT2D eigenvalue weighted by atomic mass is 9.84. The maximum Gasteiger partial charge on any atom is 0.316 e. The third kappa shape index (κ3) is 5.42. The number of benzene rings is 3. The highest BCUT2D eigenvalue weighted by molar-refractivity contribution is 5.98. The fourth-order valence-electron chi connectivity index (χ4n) is 7.10. The van der Waals surface area contributed by atoms with E-state index in [0.29, 0.717) is 50.9 Å². The fourth-order valence-corrected chi connectivity index (χ4v) is 7.10. The summed E-state index contributed by atoms with van der Waals surface area (Å²) in [6, 6.07) is 20.5. The van der Waals surface area contributed by atoms with Gasteiger partial charge in [-0.15, -0.1) is 0 Å². The van der Waals surface area contributed by atoms with E-state index in [2.05, 4.69) is 0 Å². The summed E-state index contributed by atoms with van der Waals surface area (Å²) >= 11 is 0. The molecule has 15 heteroatoms. The largest absolute Gasteiger partial charge is 0.714 e. The smallest absolute Gasteiger partial charge is 0.316 e. The normalized spacial score (nSPS) is 21.6. The van der Waals surface area contributed by atoms with Gasteiger partial charge in [-0.25, -0.2) is 15.0 Å². The fraction of sp³-hybridized carbons (Fsp3) is 0.429. The molecule has 0 spiro atoms. The Bertz CT molecular complexity index is 2100. The number of amidine groups is 3. The van der Waals surface area contributed by atoms with Crippen molar-refractivity contribution in [1.82, 2.24) is 30.1 Å². The molecule has 4 heterocycles. The van der Waals surface area contributed by atoms with E-state index in [0.717, 1.165) is 29.4 Å². The predicted octanol–water partition coefficient (Wildman–Crippen LogP) is 6.30. The minimum absolute atomic E-state index is 0.00847. The van der Waals surface area contributed by atoms with Crippen LogP contribution in [-0.2, 0) is 15.6 Å². The van der Waals surface area contributed by atoms with Gasteiger partial charge in [-0.2, -0.15) is 0 Å². The Morgan fingerprint density at radius 1 is 0.368 bits per heavy atom. The van der Waals surface area contributed by atoms with Crippen molar-refractivity contribution in [2.75, 3.05) is 0 Å². The molecule has 0 fully saturated rings. The first-order valence-corrected chi connectivity index (χ1v) is 18.8. The highest BCUT2D eigenvalue weighted by Gasteiger charge is 2.62. The van der Waals surface area contributed by atoms with Gasteiger partial charge in [-0.05, 0) is 119 Å². The zero-order chi connectivity index (χ0) is 42.0. The molecule has 0 bridgehead atoms. The number of hydroxylamine groups is 9. The Kier molecular flexibility index (Phi) is 8.63. The lowest BCUT2D eigenvalue weighted by Gasteiger charge is -2.32. The first-order chi connectivity index (χ1) is 26.3. The number of hydrogen-bond donors (Lipinski definition) is 0. The van der Waals surface area contributed by atoms with Crippen LogP contribution in [-0.4, -0.2) is 95.1 Å². The molecule has 3 aliphatic heterocycles. The van der Waals surface area contributed by atoms with E-state index in [4.69, 9.17) is 15.0 Å². The van der Waals surface area contributed by atoms with Crippen LogP contribution < -0.4 is 0 Å². The maximum atomic E-state index is 13.3.